The Balaban J connectivity index is 2.64. The predicted molar refractivity (Wildman–Crippen MR) is 84.7 cm³/mol. The minimum absolute atomic E-state index is 0.250. The van der Waals surface area contributed by atoms with E-state index in [2.05, 4.69) is 18.3 Å². The van der Waals surface area contributed by atoms with Crippen molar-refractivity contribution in [3.63, 3.8) is 0 Å². The Morgan fingerprint density at radius 2 is 2.05 bits per heavy atom. The van der Waals surface area contributed by atoms with Crippen LogP contribution in [-0.4, -0.2) is 31.8 Å². The van der Waals surface area contributed by atoms with E-state index in [1.165, 1.54) is 7.11 Å². The molecule has 0 bridgehead atoms. The van der Waals surface area contributed by atoms with Crippen molar-refractivity contribution in [2.24, 2.45) is 0 Å². The second kappa shape index (κ2) is 8.03. The third-order valence-corrected chi connectivity index (χ3v) is 3.60. The van der Waals surface area contributed by atoms with Crippen molar-refractivity contribution in [2.75, 3.05) is 20.3 Å². The second-order valence-corrected chi connectivity index (χ2v) is 5.62. The van der Waals surface area contributed by atoms with Crippen LogP contribution in [0.25, 0.3) is 0 Å². The van der Waals surface area contributed by atoms with Crippen molar-refractivity contribution >= 4 is 5.97 Å². The van der Waals surface area contributed by atoms with Gasteiger partial charge in [0, 0.05) is 6.42 Å². The van der Waals surface area contributed by atoms with Crippen LogP contribution in [0.5, 0.6) is 5.75 Å². The summed E-state index contributed by atoms with van der Waals surface area (Å²) in [6, 6.07) is 6.12. The van der Waals surface area contributed by atoms with Crippen LogP contribution >= 0.6 is 0 Å². The second-order valence-electron chi connectivity index (χ2n) is 5.62. The van der Waals surface area contributed by atoms with Crippen molar-refractivity contribution < 1.29 is 14.3 Å². The van der Waals surface area contributed by atoms with Gasteiger partial charge in [-0.3, -0.25) is 4.79 Å². The molecule has 1 aromatic rings. The zero-order chi connectivity index (χ0) is 15.9. The number of hydrogen-bond acceptors (Lipinski definition) is 4. The number of aryl methyl sites for hydroxylation is 2. The molecule has 21 heavy (non-hydrogen) atoms. The first-order valence-electron chi connectivity index (χ1n) is 7.46. The Bertz CT molecular complexity index is 473. The number of carbonyl (C=O) groups is 1. The molecule has 1 aromatic carbocycles. The van der Waals surface area contributed by atoms with Crippen molar-refractivity contribution in [1.82, 2.24) is 5.32 Å². The van der Waals surface area contributed by atoms with E-state index in [9.17, 15) is 4.79 Å². The van der Waals surface area contributed by atoms with Gasteiger partial charge in [0.05, 0.1) is 13.7 Å². The van der Waals surface area contributed by atoms with E-state index in [-0.39, 0.29) is 5.97 Å². The third kappa shape index (κ3) is 5.05. The topological polar surface area (TPSA) is 47.6 Å². The van der Waals surface area contributed by atoms with Crippen LogP contribution in [0.2, 0.25) is 0 Å². The fourth-order valence-electron chi connectivity index (χ4n) is 2.12. The van der Waals surface area contributed by atoms with Gasteiger partial charge in [-0.15, -0.1) is 0 Å². The van der Waals surface area contributed by atoms with Crippen molar-refractivity contribution in [2.45, 2.75) is 46.1 Å². The van der Waals surface area contributed by atoms with Gasteiger partial charge in [0.15, 0.2) is 0 Å². The van der Waals surface area contributed by atoms with E-state index in [0.717, 1.165) is 29.8 Å². The SMILES string of the molecule is CCCNC(C)(CCOc1cc(C)ccc1C)C(=O)OC. The molecule has 4 nitrogen and oxygen atoms in total. The number of esters is 1. The van der Waals surface area contributed by atoms with Gasteiger partial charge in [0.25, 0.3) is 0 Å². The van der Waals surface area contributed by atoms with E-state index in [0.29, 0.717) is 13.0 Å². The summed E-state index contributed by atoms with van der Waals surface area (Å²) < 4.78 is 10.7. The number of ether oxygens (including phenoxy) is 2. The highest BCUT2D eigenvalue weighted by atomic mass is 16.5. The van der Waals surface area contributed by atoms with E-state index in [1.54, 1.807) is 0 Å². The molecule has 0 aliphatic carbocycles. The predicted octanol–water partition coefficient (Wildman–Crippen LogP) is 3.00. The smallest absolute Gasteiger partial charge is 0.325 e. The number of nitrogens with one attached hydrogen (secondary N) is 1. The van der Waals surface area contributed by atoms with Crippen LogP contribution in [0.15, 0.2) is 18.2 Å². The molecule has 0 amide bonds. The minimum Gasteiger partial charge on any atom is -0.493 e. The van der Waals surface area contributed by atoms with Crippen molar-refractivity contribution in [3.8, 4) is 5.75 Å². The summed E-state index contributed by atoms with van der Waals surface area (Å²) in [5.41, 5.74) is 1.56. The molecule has 0 saturated heterocycles. The van der Waals surface area contributed by atoms with Gasteiger partial charge in [-0.1, -0.05) is 19.1 Å². The summed E-state index contributed by atoms with van der Waals surface area (Å²) in [5, 5.41) is 3.25. The first kappa shape index (κ1) is 17.5. The summed E-state index contributed by atoms with van der Waals surface area (Å²) >= 11 is 0. The summed E-state index contributed by atoms with van der Waals surface area (Å²) in [6.45, 7) is 9.22. The lowest BCUT2D eigenvalue weighted by atomic mass is 9.98. The molecule has 0 aliphatic heterocycles. The van der Waals surface area contributed by atoms with E-state index >= 15 is 0 Å². The maximum absolute atomic E-state index is 12.0. The summed E-state index contributed by atoms with van der Waals surface area (Å²) in [4.78, 5) is 12.0. The van der Waals surface area contributed by atoms with E-state index in [1.807, 2.05) is 32.9 Å². The van der Waals surface area contributed by atoms with Gasteiger partial charge in [-0.05, 0) is 50.9 Å². The normalized spacial score (nSPS) is 13.6. The molecule has 1 rings (SSSR count). The van der Waals surface area contributed by atoms with Crippen molar-refractivity contribution in [1.29, 1.82) is 0 Å². The quantitative estimate of drug-likeness (QED) is 0.749. The maximum atomic E-state index is 12.0. The first-order valence-corrected chi connectivity index (χ1v) is 7.46. The van der Waals surface area contributed by atoms with E-state index in [4.69, 9.17) is 9.47 Å². The minimum atomic E-state index is -0.706. The lowest BCUT2D eigenvalue weighted by molar-refractivity contribution is -0.148. The van der Waals surface area contributed by atoms with Gasteiger partial charge in [0.1, 0.15) is 11.3 Å². The Labute approximate surface area is 127 Å². The molecule has 0 heterocycles. The number of rotatable bonds is 8. The zero-order valence-electron chi connectivity index (χ0n) is 13.8. The molecular formula is C17H27NO3. The zero-order valence-corrected chi connectivity index (χ0v) is 13.8. The molecule has 0 fully saturated rings. The van der Waals surface area contributed by atoms with Crippen molar-refractivity contribution in [3.05, 3.63) is 29.3 Å². The average molecular weight is 293 g/mol. The van der Waals surface area contributed by atoms with Gasteiger partial charge in [-0.2, -0.15) is 0 Å². The lowest BCUT2D eigenvalue weighted by Crippen LogP contribution is -2.51. The number of hydrogen-bond donors (Lipinski definition) is 1. The molecule has 0 aromatic heterocycles. The molecule has 118 valence electrons. The molecule has 0 spiro atoms. The standard InChI is InChI=1S/C17H27NO3/c1-6-10-18-17(4,16(19)20-5)9-11-21-15-12-13(2)7-8-14(15)3/h7-8,12,18H,6,9-11H2,1-5H3. The molecule has 1 atom stereocenters. The number of benzene rings is 1. The van der Waals surface area contributed by atoms with Crippen LogP contribution in [0.4, 0.5) is 0 Å². The molecular weight excluding hydrogens is 266 g/mol. The van der Waals surface area contributed by atoms with Crippen LogP contribution < -0.4 is 10.1 Å². The lowest BCUT2D eigenvalue weighted by Gasteiger charge is -2.28. The Hall–Kier alpha value is -1.55. The third-order valence-electron chi connectivity index (χ3n) is 3.60. The monoisotopic (exact) mass is 293 g/mol. The first-order chi connectivity index (χ1) is 9.92. The summed E-state index contributed by atoms with van der Waals surface area (Å²) in [7, 11) is 1.42. The maximum Gasteiger partial charge on any atom is 0.325 e. The van der Waals surface area contributed by atoms with Gasteiger partial charge >= 0.3 is 5.97 Å². The Kier molecular flexibility index (Phi) is 6.69. The average Bonchev–Trinajstić information content (AvgIpc) is 2.47. The number of carbonyl (C=O) groups excluding carboxylic acids is 1. The molecule has 1 N–H and O–H groups in total. The highest BCUT2D eigenvalue weighted by molar-refractivity contribution is 5.80. The van der Waals surface area contributed by atoms with Crippen LogP contribution in [0.1, 0.15) is 37.8 Å². The molecule has 1 unspecified atom stereocenters. The Morgan fingerprint density at radius 1 is 1.33 bits per heavy atom. The largest absolute Gasteiger partial charge is 0.493 e. The molecule has 0 saturated carbocycles. The van der Waals surface area contributed by atoms with Crippen LogP contribution in [-0.2, 0) is 9.53 Å². The Morgan fingerprint density at radius 3 is 2.67 bits per heavy atom. The van der Waals surface area contributed by atoms with Crippen LogP contribution in [0, 0.1) is 13.8 Å². The number of methoxy groups -OCH3 is 1. The summed E-state index contributed by atoms with van der Waals surface area (Å²) in [5.74, 6) is 0.623. The van der Waals surface area contributed by atoms with Gasteiger partial charge in [-0.25, -0.2) is 0 Å². The van der Waals surface area contributed by atoms with Gasteiger partial charge in [0.2, 0.25) is 0 Å². The highest BCUT2D eigenvalue weighted by Gasteiger charge is 2.33. The summed E-state index contributed by atoms with van der Waals surface area (Å²) in [6.07, 6.45) is 1.53. The van der Waals surface area contributed by atoms with Gasteiger partial charge < -0.3 is 14.8 Å². The van der Waals surface area contributed by atoms with Crippen LogP contribution in [0.3, 0.4) is 0 Å². The fraction of sp³-hybridized carbons (Fsp3) is 0.588. The molecule has 0 radical (unpaired) electrons. The fourth-order valence-corrected chi connectivity index (χ4v) is 2.12. The van der Waals surface area contributed by atoms with E-state index < -0.39 is 5.54 Å². The highest BCUT2D eigenvalue weighted by Crippen LogP contribution is 2.20. The molecule has 0 aliphatic rings. The molecule has 4 heteroatoms.